The molecule has 0 saturated heterocycles. The molecule has 1 rings (SSSR count). The van der Waals surface area contributed by atoms with E-state index in [1.807, 2.05) is 12.1 Å². The van der Waals surface area contributed by atoms with Gasteiger partial charge in [-0.25, -0.2) is 4.79 Å². The Morgan fingerprint density at radius 3 is 1.93 bits per heavy atom. The first-order chi connectivity index (χ1) is 13.8. The number of aromatic carboxylic acids is 1. The van der Waals surface area contributed by atoms with Crippen LogP contribution in [-0.4, -0.2) is 17.6 Å². The van der Waals surface area contributed by atoms with Crippen LogP contribution >= 0.6 is 0 Å². The van der Waals surface area contributed by atoms with E-state index in [1.165, 1.54) is 83.5 Å². The van der Waals surface area contributed by atoms with E-state index in [9.17, 15) is 4.79 Å². The van der Waals surface area contributed by atoms with Crippen LogP contribution in [0.5, 0.6) is 0 Å². The Kier molecular flexibility index (Phi) is 19.2. The number of para-hydroxylation sites is 1. The number of rotatable bonds is 18. The third-order valence-electron chi connectivity index (χ3n) is 5.16. The maximum Gasteiger partial charge on any atom is 0.337 e. The van der Waals surface area contributed by atoms with Gasteiger partial charge in [0, 0.05) is 29.6 Å². The van der Waals surface area contributed by atoms with Crippen LogP contribution in [0.2, 0.25) is 0 Å². The first-order valence-corrected chi connectivity index (χ1v) is 11.5. The summed E-state index contributed by atoms with van der Waals surface area (Å²) in [5, 5.41) is 12.4. The Labute approximate surface area is 189 Å². The predicted molar refractivity (Wildman–Crippen MR) is 121 cm³/mol. The average Bonchev–Trinajstić information content (AvgIpc) is 2.70. The summed E-state index contributed by atoms with van der Waals surface area (Å²) in [5.74, 6) is -0.871. The number of nitrogens with one attached hydrogen (secondary N) is 1. The largest absolute Gasteiger partial charge is 0.478 e. The Hall–Kier alpha value is -1.24. The molecule has 0 unspecified atom stereocenters. The summed E-state index contributed by atoms with van der Waals surface area (Å²) < 4.78 is 0. The van der Waals surface area contributed by atoms with Crippen molar-refractivity contribution in [3.63, 3.8) is 0 Å². The van der Waals surface area contributed by atoms with Gasteiger partial charge in [-0.2, -0.15) is 0 Å². The molecule has 0 aliphatic heterocycles. The molecule has 3 nitrogen and oxygen atoms in total. The molecule has 0 amide bonds. The molecule has 29 heavy (non-hydrogen) atoms. The number of carboxylic acids is 1. The van der Waals surface area contributed by atoms with Crippen molar-refractivity contribution < 1.29 is 27.3 Å². The quantitative estimate of drug-likeness (QED) is 0.181. The van der Waals surface area contributed by atoms with Gasteiger partial charge in [0.25, 0.3) is 0 Å². The molecule has 0 aliphatic carbocycles. The van der Waals surface area contributed by atoms with E-state index in [-0.39, 0.29) is 17.4 Å². The minimum atomic E-state index is -0.871. The third-order valence-corrected chi connectivity index (χ3v) is 5.16. The van der Waals surface area contributed by atoms with Crippen LogP contribution in [0.3, 0.4) is 0 Å². The zero-order valence-corrected chi connectivity index (χ0v) is 19.6. The standard InChI is InChI=1S/C25H41NO2.Cr/c1-2-3-4-5-6-7-8-9-10-11-12-13-14-15-16-19-22-26-24-21-18-17-20-23(24)25(27)28;/h9-10,17-18,20-21,26H,2-8,11-16,19,22H2,1H3,(H,27,28);/b10-9-;. The number of unbranched alkanes of at least 4 members (excludes halogenated alkanes) is 12. The number of benzene rings is 1. The minimum Gasteiger partial charge on any atom is -0.478 e. The van der Waals surface area contributed by atoms with Gasteiger partial charge in [0.2, 0.25) is 0 Å². The first-order valence-electron chi connectivity index (χ1n) is 11.5. The van der Waals surface area contributed by atoms with E-state index < -0.39 is 5.97 Å². The van der Waals surface area contributed by atoms with Crippen molar-refractivity contribution in [2.45, 2.75) is 96.8 Å². The van der Waals surface area contributed by atoms with Gasteiger partial charge in [-0.05, 0) is 44.2 Å². The summed E-state index contributed by atoms with van der Waals surface area (Å²) in [6.07, 6.45) is 23.0. The summed E-state index contributed by atoms with van der Waals surface area (Å²) in [7, 11) is 0. The fourth-order valence-corrected chi connectivity index (χ4v) is 3.42. The van der Waals surface area contributed by atoms with Gasteiger partial charge in [0.05, 0.1) is 5.56 Å². The van der Waals surface area contributed by atoms with Crippen LogP contribution < -0.4 is 5.32 Å². The van der Waals surface area contributed by atoms with Gasteiger partial charge in [-0.3, -0.25) is 0 Å². The maximum atomic E-state index is 11.2. The summed E-state index contributed by atoms with van der Waals surface area (Å²) in [6, 6.07) is 7.12. The molecule has 0 bridgehead atoms. The maximum absolute atomic E-state index is 11.2. The summed E-state index contributed by atoms with van der Waals surface area (Å²) in [6.45, 7) is 3.11. The second-order valence-electron chi connectivity index (χ2n) is 7.72. The zero-order valence-electron chi connectivity index (χ0n) is 18.3. The monoisotopic (exact) mass is 439 g/mol. The number of anilines is 1. The molecule has 0 fully saturated rings. The van der Waals surface area contributed by atoms with E-state index in [1.54, 1.807) is 12.1 Å². The van der Waals surface area contributed by atoms with Gasteiger partial charge in [0.1, 0.15) is 0 Å². The molecule has 0 aliphatic rings. The Morgan fingerprint density at radius 2 is 1.34 bits per heavy atom. The van der Waals surface area contributed by atoms with Crippen LogP contribution in [0.15, 0.2) is 36.4 Å². The summed E-state index contributed by atoms with van der Waals surface area (Å²) in [5.41, 5.74) is 1.08. The van der Waals surface area contributed by atoms with E-state index >= 15 is 0 Å². The van der Waals surface area contributed by atoms with Crippen molar-refractivity contribution in [3.05, 3.63) is 42.0 Å². The third kappa shape index (κ3) is 15.3. The number of carbonyl (C=O) groups is 1. The number of allylic oxidation sites excluding steroid dienone is 2. The summed E-state index contributed by atoms with van der Waals surface area (Å²) >= 11 is 0. The second-order valence-corrected chi connectivity index (χ2v) is 7.72. The molecule has 1 aromatic rings. The molecule has 164 valence electrons. The van der Waals surface area contributed by atoms with Crippen LogP contribution in [0.1, 0.15) is 107 Å². The normalized spacial score (nSPS) is 10.8. The van der Waals surface area contributed by atoms with Gasteiger partial charge in [0.15, 0.2) is 0 Å². The predicted octanol–water partition coefficient (Wildman–Crippen LogP) is 7.83. The molecular formula is C25H41CrNO2. The van der Waals surface area contributed by atoms with Crippen LogP contribution in [0, 0.1) is 0 Å². The Morgan fingerprint density at radius 1 is 0.828 bits per heavy atom. The van der Waals surface area contributed by atoms with E-state index in [4.69, 9.17) is 5.11 Å². The molecule has 0 atom stereocenters. The van der Waals surface area contributed by atoms with Crippen molar-refractivity contribution in [2.24, 2.45) is 0 Å². The molecule has 0 saturated carbocycles. The van der Waals surface area contributed by atoms with Crippen LogP contribution in [0.4, 0.5) is 5.69 Å². The minimum absolute atomic E-state index is 0. The number of hydrogen-bond donors (Lipinski definition) is 2. The molecule has 4 heteroatoms. The molecule has 0 aromatic heterocycles. The van der Waals surface area contributed by atoms with Gasteiger partial charge in [-0.1, -0.05) is 89.0 Å². The van der Waals surface area contributed by atoms with Crippen molar-refractivity contribution >= 4 is 11.7 Å². The topological polar surface area (TPSA) is 49.3 Å². The fraction of sp³-hybridized carbons (Fsp3) is 0.640. The fourth-order valence-electron chi connectivity index (χ4n) is 3.42. The van der Waals surface area contributed by atoms with Gasteiger partial charge < -0.3 is 10.4 Å². The Bertz CT molecular complexity index is 545. The first kappa shape index (κ1) is 27.8. The van der Waals surface area contributed by atoms with Crippen LogP contribution in [0.25, 0.3) is 0 Å². The molecule has 0 heterocycles. The van der Waals surface area contributed by atoms with Crippen molar-refractivity contribution in [2.75, 3.05) is 11.9 Å². The van der Waals surface area contributed by atoms with Crippen molar-refractivity contribution in [1.82, 2.24) is 0 Å². The molecule has 2 N–H and O–H groups in total. The van der Waals surface area contributed by atoms with Gasteiger partial charge in [-0.15, -0.1) is 0 Å². The van der Waals surface area contributed by atoms with E-state index in [2.05, 4.69) is 24.4 Å². The molecule has 0 spiro atoms. The average molecular weight is 440 g/mol. The van der Waals surface area contributed by atoms with Crippen molar-refractivity contribution in [1.29, 1.82) is 0 Å². The molecule has 1 aromatic carbocycles. The molecular weight excluding hydrogens is 398 g/mol. The Balaban J connectivity index is 0.00000784. The second kappa shape index (κ2) is 20.1. The SMILES string of the molecule is CCCCCCCC/C=C\CCCCCCCCNc1ccccc1C(=O)O.[Cr]. The number of hydrogen-bond acceptors (Lipinski definition) is 2. The number of carboxylic acid groups (broad SMARTS) is 1. The van der Waals surface area contributed by atoms with Crippen LogP contribution in [-0.2, 0) is 17.4 Å². The molecule has 0 radical (unpaired) electrons. The van der Waals surface area contributed by atoms with E-state index in [0.717, 1.165) is 18.7 Å². The zero-order chi connectivity index (χ0) is 20.3. The van der Waals surface area contributed by atoms with E-state index in [0.29, 0.717) is 5.56 Å². The smallest absolute Gasteiger partial charge is 0.337 e. The van der Waals surface area contributed by atoms with Gasteiger partial charge >= 0.3 is 5.97 Å². The van der Waals surface area contributed by atoms with Crippen molar-refractivity contribution in [3.8, 4) is 0 Å². The summed E-state index contributed by atoms with van der Waals surface area (Å²) in [4.78, 5) is 11.2.